The molecule has 0 saturated carbocycles. The van der Waals surface area contributed by atoms with Gasteiger partial charge in [-0.25, -0.2) is 9.97 Å². The van der Waals surface area contributed by atoms with Crippen molar-refractivity contribution >= 4 is 28.1 Å². The maximum Gasteiger partial charge on any atom is 0.258 e. The second kappa shape index (κ2) is 9.64. The third-order valence-electron chi connectivity index (χ3n) is 5.71. The van der Waals surface area contributed by atoms with Gasteiger partial charge >= 0.3 is 0 Å². The molecule has 7 nitrogen and oxygen atoms in total. The van der Waals surface area contributed by atoms with Crippen molar-refractivity contribution in [2.24, 2.45) is 0 Å². The molecule has 4 aromatic rings. The number of thiazole rings is 1. The summed E-state index contributed by atoms with van der Waals surface area (Å²) in [5.74, 6) is 0.402. The quantitative estimate of drug-likeness (QED) is 0.453. The Morgan fingerprint density at radius 2 is 1.94 bits per heavy atom. The molecule has 1 aliphatic rings. The highest BCUT2D eigenvalue weighted by atomic mass is 32.1. The number of hydrogen-bond donors (Lipinski definition) is 1. The number of aromatic nitrogens is 3. The fourth-order valence-corrected chi connectivity index (χ4v) is 4.87. The van der Waals surface area contributed by atoms with Gasteiger partial charge in [-0.3, -0.25) is 9.59 Å². The molecule has 3 heterocycles. The van der Waals surface area contributed by atoms with Crippen molar-refractivity contribution in [3.63, 3.8) is 0 Å². The first kappa shape index (κ1) is 21.5. The van der Waals surface area contributed by atoms with Crippen LogP contribution in [-0.4, -0.2) is 45.0 Å². The molecule has 1 unspecified atom stereocenters. The number of para-hydroxylation sites is 1. The lowest BCUT2D eigenvalue weighted by molar-refractivity contribution is -0.132. The predicted octanol–water partition coefficient (Wildman–Crippen LogP) is 3.80. The van der Waals surface area contributed by atoms with Gasteiger partial charge in [0.15, 0.2) is 0 Å². The Morgan fingerprint density at radius 1 is 1.12 bits per heavy atom. The summed E-state index contributed by atoms with van der Waals surface area (Å²) >= 11 is 1.53. The smallest absolute Gasteiger partial charge is 0.258 e. The highest BCUT2D eigenvalue weighted by Crippen LogP contribution is 2.24. The highest BCUT2D eigenvalue weighted by molar-refractivity contribution is 7.13. The molecule has 8 heteroatoms. The van der Waals surface area contributed by atoms with E-state index in [2.05, 4.69) is 15.0 Å². The van der Waals surface area contributed by atoms with Crippen molar-refractivity contribution in [3.05, 3.63) is 81.8 Å². The van der Waals surface area contributed by atoms with Crippen LogP contribution in [0.2, 0.25) is 0 Å². The first-order valence-electron chi connectivity index (χ1n) is 11.0. The molecule has 0 aliphatic carbocycles. The van der Waals surface area contributed by atoms with E-state index in [0.29, 0.717) is 29.9 Å². The number of fused-ring (bicyclic) bond motifs is 1. The van der Waals surface area contributed by atoms with Gasteiger partial charge in [-0.1, -0.05) is 42.5 Å². The first-order valence-corrected chi connectivity index (χ1v) is 11.9. The molecule has 0 bridgehead atoms. The predicted molar refractivity (Wildman–Crippen MR) is 128 cm³/mol. The molecule has 33 heavy (non-hydrogen) atoms. The number of rotatable bonds is 7. The summed E-state index contributed by atoms with van der Waals surface area (Å²) in [5, 5.41) is 3.36. The lowest BCUT2D eigenvalue weighted by Crippen LogP contribution is -2.38. The number of carbonyl (C=O) groups excluding carboxylic acids is 1. The van der Waals surface area contributed by atoms with Crippen LogP contribution in [-0.2, 0) is 22.5 Å². The van der Waals surface area contributed by atoms with Crippen LogP contribution in [0.4, 0.5) is 0 Å². The second-order valence-corrected chi connectivity index (χ2v) is 8.98. The summed E-state index contributed by atoms with van der Waals surface area (Å²) < 4.78 is 5.78. The van der Waals surface area contributed by atoms with Gasteiger partial charge in [-0.2, -0.15) is 0 Å². The van der Waals surface area contributed by atoms with Crippen molar-refractivity contribution in [1.82, 2.24) is 19.9 Å². The van der Waals surface area contributed by atoms with E-state index in [1.807, 2.05) is 47.8 Å². The molecule has 5 rings (SSSR count). The maximum absolute atomic E-state index is 13.3. The number of nitrogens with zero attached hydrogens (tertiary/aromatic N) is 3. The lowest BCUT2D eigenvalue weighted by atomic mass is 10.2. The molecule has 2 aromatic heterocycles. The molecule has 1 saturated heterocycles. The molecule has 1 amide bonds. The highest BCUT2D eigenvalue weighted by Gasteiger charge is 2.24. The topological polar surface area (TPSA) is 88.2 Å². The Hall–Kier alpha value is -3.36. The molecule has 1 fully saturated rings. The fraction of sp³-hybridized carbons (Fsp3) is 0.280. The largest absolute Gasteiger partial charge is 0.376 e. The standard InChI is InChI=1S/C25H24N4O3S/c30-23(13-18-16-33-25(26-18)17-7-2-1-3-8-17)29(14-19-9-6-12-32-19)15-22-27-21-11-5-4-10-20(21)24(31)28-22/h1-5,7-8,10-11,16,19H,6,9,12-15H2,(H,27,28,31). The number of amides is 1. The number of benzene rings is 2. The SMILES string of the molecule is O=C(Cc1csc(-c2ccccc2)n1)N(Cc1nc2ccccc2c(=O)[nH]1)CC1CCCO1. The van der Waals surface area contributed by atoms with Gasteiger partial charge < -0.3 is 14.6 Å². The summed E-state index contributed by atoms with van der Waals surface area (Å²) in [5.41, 5.74) is 2.19. The third-order valence-corrected chi connectivity index (χ3v) is 6.65. The van der Waals surface area contributed by atoms with E-state index in [1.54, 1.807) is 17.0 Å². The lowest BCUT2D eigenvalue weighted by Gasteiger charge is -2.25. The zero-order valence-electron chi connectivity index (χ0n) is 18.1. The van der Waals surface area contributed by atoms with Crippen LogP contribution in [0.5, 0.6) is 0 Å². The number of carbonyl (C=O) groups is 1. The maximum atomic E-state index is 13.3. The van der Waals surface area contributed by atoms with E-state index in [1.165, 1.54) is 11.3 Å². The van der Waals surface area contributed by atoms with Crippen LogP contribution in [0, 0.1) is 0 Å². The molecule has 0 spiro atoms. The Labute approximate surface area is 195 Å². The van der Waals surface area contributed by atoms with E-state index in [9.17, 15) is 9.59 Å². The van der Waals surface area contributed by atoms with E-state index in [4.69, 9.17) is 4.74 Å². The molecule has 0 radical (unpaired) electrons. The monoisotopic (exact) mass is 460 g/mol. The Balaban J connectivity index is 1.36. The summed E-state index contributed by atoms with van der Waals surface area (Å²) in [6.07, 6.45) is 2.09. The number of H-pyrrole nitrogens is 1. The van der Waals surface area contributed by atoms with Gasteiger partial charge in [-0.15, -0.1) is 11.3 Å². The summed E-state index contributed by atoms with van der Waals surface area (Å²) in [4.78, 5) is 39.6. The zero-order chi connectivity index (χ0) is 22.6. The van der Waals surface area contributed by atoms with Crippen LogP contribution >= 0.6 is 11.3 Å². The first-order chi connectivity index (χ1) is 16.2. The second-order valence-electron chi connectivity index (χ2n) is 8.13. The number of hydrogen-bond acceptors (Lipinski definition) is 6. The Bertz CT molecular complexity index is 1310. The van der Waals surface area contributed by atoms with Gasteiger partial charge in [0.25, 0.3) is 5.56 Å². The number of ether oxygens (including phenoxy) is 1. The fourth-order valence-electron chi connectivity index (χ4n) is 4.05. The Kier molecular flexibility index (Phi) is 6.28. The number of nitrogens with one attached hydrogen (secondary N) is 1. The summed E-state index contributed by atoms with van der Waals surface area (Å²) in [7, 11) is 0. The van der Waals surface area contributed by atoms with Crippen LogP contribution in [0.3, 0.4) is 0 Å². The summed E-state index contributed by atoms with van der Waals surface area (Å²) in [6, 6.07) is 17.1. The molecule has 1 atom stereocenters. The third kappa shape index (κ3) is 5.02. The molecule has 168 valence electrons. The minimum atomic E-state index is -0.202. The van der Waals surface area contributed by atoms with Gasteiger partial charge in [0.1, 0.15) is 10.8 Å². The van der Waals surface area contributed by atoms with E-state index in [0.717, 1.165) is 29.1 Å². The van der Waals surface area contributed by atoms with Gasteiger partial charge in [0.05, 0.1) is 35.7 Å². The van der Waals surface area contributed by atoms with Crippen LogP contribution in [0.25, 0.3) is 21.5 Å². The molecular weight excluding hydrogens is 436 g/mol. The minimum absolute atomic E-state index is 0.00329. The van der Waals surface area contributed by atoms with Crippen LogP contribution in [0.15, 0.2) is 64.8 Å². The van der Waals surface area contributed by atoms with Crippen LogP contribution < -0.4 is 5.56 Å². The van der Waals surface area contributed by atoms with Crippen molar-refractivity contribution in [2.75, 3.05) is 13.2 Å². The minimum Gasteiger partial charge on any atom is -0.376 e. The number of aromatic amines is 1. The van der Waals surface area contributed by atoms with Gasteiger partial charge in [0.2, 0.25) is 5.91 Å². The average molecular weight is 461 g/mol. The summed E-state index contributed by atoms with van der Waals surface area (Å²) in [6.45, 7) is 1.39. The van der Waals surface area contributed by atoms with Crippen molar-refractivity contribution < 1.29 is 9.53 Å². The van der Waals surface area contributed by atoms with E-state index in [-0.39, 0.29) is 30.5 Å². The van der Waals surface area contributed by atoms with Crippen molar-refractivity contribution in [1.29, 1.82) is 0 Å². The normalized spacial score (nSPS) is 15.7. The molecule has 1 N–H and O–H groups in total. The Morgan fingerprint density at radius 3 is 2.76 bits per heavy atom. The van der Waals surface area contributed by atoms with Crippen molar-refractivity contribution in [3.8, 4) is 10.6 Å². The molecular formula is C25H24N4O3S. The molecule has 2 aromatic carbocycles. The van der Waals surface area contributed by atoms with Crippen molar-refractivity contribution in [2.45, 2.75) is 31.9 Å². The van der Waals surface area contributed by atoms with Gasteiger partial charge in [-0.05, 0) is 25.0 Å². The van der Waals surface area contributed by atoms with Crippen LogP contribution in [0.1, 0.15) is 24.4 Å². The average Bonchev–Trinajstić information content (AvgIpc) is 3.52. The van der Waals surface area contributed by atoms with E-state index < -0.39 is 0 Å². The zero-order valence-corrected chi connectivity index (χ0v) is 18.9. The van der Waals surface area contributed by atoms with Gasteiger partial charge in [0, 0.05) is 24.1 Å². The van der Waals surface area contributed by atoms with E-state index >= 15 is 0 Å². The molecule has 1 aliphatic heterocycles.